The van der Waals surface area contributed by atoms with Crippen LogP contribution in [0.3, 0.4) is 0 Å². The van der Waals surface area contributed by atoms with Gasteiger partial charge >= 0.3 is 0 Å². The maximum Gasteiger partial charge on any atom is 0.216 e. The van der Waals surface area contributed by atoms with Crippen molar-refractivity contribution in [3.63, 3.8) is 0 Å². The lowest BCUT2D eigenvalue weighted by molar-refractivity contribution is 0.138. The number of nitrogens with zero attached hydrogens (tertiary/aromatic N) is 6. The van der Waals surface area contributed by atoms with Crippen LogP contribution in [0, 0.1) is 0 Å². The van der Waals surface area contributed by atoms with Crippen LogP contribution in [0.2, 0.25) is 5.02 Å². The lowest BCUT2D eigenvalue weighted by atomic mass is 9.86. The zero-order valence-corrected chi connectivity index (χ0v) is 17.1. The molecule has 5 rings (SSSR count). The molecular weight excluding hydrogens is 388 g/mol. The first kappa shape index (κ1) is 18.5. The smallest absolute Gasteiger partial charge is 0.216 e. The van der Waals surface area contributed by atoms with Crippen molar-refractivity contribution < 1.29 is 4.74 Å². The standard InChI is InChI=1S/C21H23ClN6O/c1-27-11-15-10-16(22)4-7-18(15)28-19(12-27)25-26-21(28)14-2-5-17(6-3-14)29-20-8-9-23-13-24-20/h4,7-10,13-14,17H,2-3,5-6,11-12H2,1H3/t14-,17-. The molecule has 1 aromatic carbocycles. The van der Waals surface area contributed by atoms with Gasteiger partial charge in [-0.25, -0.2) is 9.97 Å². The summed E-state index contributed by atoms with van der Waals surface area (Å²) in [4.78, 5) is 10.4. The molecule has 0 radical (unpaired) electrons. The molecule has 3 heterocycles. The Bertz CT molecular complexity index is 1000. The Morgan fingerprint density at radius 2 is 1.93 bits per heavy atom. The van der Waals surface area contributed by atoms with Crippen molar-refractivity contribution >= 4 is 11.6 Å². The normalized spacial score (nSPS) is 21.9. The van der Waals surface area contributed by atoms with E-state index in [1.54, 1.807) is 6.20 Å². The molecule has 0 bridgehead atoms. The van der Waals surface area contributed by atoms with Crippen molar-refractivity contribution in [1.29, 1.82) is 0 Å². The minimum Gasteiger partial charge on any atom is -0.474 e. The highest BCUT2D eigenvalue weighted by Crippen LogP contribution is 2.36. The summed E-state index contributed by atoms with van der Waals surface area (Å²) in [6.07, 6.45) is 7.41. The van der Waals surface area contributed by atoms with Crippen molar-refractivity contribution in [1.82, 2.24) is 29.6 Å². The summed E-state index contributed by atoms with van der Waals surface area (Å²) in [5.74, 6) is 3.06. The molecule has 7 nitrogen and oxygen atoms in total. The second-order valence-electron chi connectivity index (χ2n) is 7.89. The van der Waals surface area contributed by atoms with E-state index in [0.29, 0.717) is 11.8 Å². The third-order valence-electron chi connectivity index (χ3n) is 5.77. The van der Waals surface area contributed by atoms with E-state index in [1.165, 1.54) is 11.9 Å². The number of hydrogen-bond acceptors (Lipinski definition) is 6. The van der Waals surface area contributed by atoms with Gasteiger partial charge in [-0.1, -0.05) is 11.6 Å². The summed E-state index contributed by atoms with van der Waals surface area (Å²) in [6, 6.07) is 7.91. The van der Waals surface area contributed by atoms with E-state index in [0.717, 1.165) is 61.1 Å². The molecule has 0 atom stereocenters. The Hall–Kier alpha value is -2.51. The first-order chi connectivity index (χ1) is 14.2. The average Bonchev–Trinajstić information content (AvgIpc) is 3.06. The molecule has 8 heteroatoms. The zero-order valence-electron chi connectivity index (χ0n) is 16.3. The largest absolute Gasteiger partial charge is 0.474 e. The van der Waals surface area contributed by atoms with Gasteiger partial charge in [0, 0.05) is 29.7 Å². The lowest BCUT2D eigenvalue weighted by Crippen LogP contribution is -2.25. The van der Waals surface area contributed by atoms with Crippen molar-refractivity contribution in [3.8, 4) is 11.6 Å². The second-order valence-corrected chi connectivity index (χ2v) is 8.33. The fourth-order valence-electron chi connectivity index (χ4n) is 4.40. The van der Waals surface area contributed by atoms with Gasteiger partial charge in [0.2, 0.25) is 5.88 Å². The molecule has 0 unspecified atom stereocenters. The van der Waals surface area contributed by atoms with Gasteiger partial charge in [0.1, 0.15) is 18.3 Å². The minimum absolute atomic E-state index is 0.185. The first-order valence-electron chi connectivity index (χ1n) is 10.0. The van der Waals surface area contributed by atoms with E-state index < -0.39 is 0 Å². The van der Waals surface area contributed by atoms with Gasteiger partial charge in [-0.15, -0.1) is 10.2 Å². The van der Waals surface area contributed by atoms with Crippen LogP contribution in [0.1, 0.15) is 48.8 Å². The SMILES string of the molecule is CN1Cc2cc(Cl)ccc2-n2c(nnc2[C@H]2CC[C@H](Oc3ccncn3)CC2)C1. The molecule has 1 saturated carbocycles. The lowest BCUT2D eigenvalue weighted by Gasteiger charge is -2.28. The number of hydrogen-bond donors (Lipinski definition) is 0. The molecule has 2 aromatic heterocycles. The van der Waals surface area contributed by atoms with E-state index in [-0.39, 0.29) is 6.10 Å². The van der Waals surface area contributed by atoms with Crippen LogP contribution in [0.25, 0.3) is 5.69 Å². The highest BCUT2D eigenvalue weighted by Gasteiger charge is 2.30. The number of ether oxygens (including phenoxy) is 1. The number of benzene rings is 1. The maximum absolute atomic E-state index is 6.27. The Kier molecular flexibility index (Phi) is 4.93. The summed E-state index contributed by atoms with van der Waals surface area (Å²) in [5, 5.41) is 9.92. The third kappa shape index (κ3) is 3.72. The highest BCUT2D eigenvalue weighted by atomic mass is 35.5. The summed E-state index contributed by atoms with van der Waals surface area (Å²) in [6.45, 7) is 1.61. The van der Waals surface area contributed by atoms with Gasteiger partial charge in [-0.05, 0) is 56.5 Å². The highest BCUT2D eigenvalue weighted by molar-refractivity contribution is 6.30. The van der Waals surface area contributed by atoms with Crippen LogP contribution in [-0.4, -0.2) is 42.8 Å². The van der Waals surface area contributed by atoms with Crippen LogP contribution < -0.4 is 4.74 Å². The van der Waals surface area contributed by atoms with Crippen molar-refractivity contribution in [2.24, 2.45) is 0 Å². The predicted molar refractivity (Wildman–Crippen MR) is 109 cm³/mol. The summed E-state index contributed by atoms with van der Waals surface area (Å²) < 4.78 is 8.28. The fraction of sp³-hybridized carbons (Fsp3) is 0.429. The fourth-order valence-corrected chi connectivity index (χ4v) is 4.60. The molecule has 1 aliphatic carbocycles. The molecule has 1 fully saturated rings. The van der Waals surface area contributed by atoms with E-state index in [2.05, 4.69) is 48.8 Å². The Labute approximate surface area is 174 Å². The molecule has 3 aromatic rings. The quantitative estimate of drug-likeness (QED) is 0.654. The number of halogens is 1. The van der Waals surface area contributed by atoms with Gasteiger partial charge in [-0.3, -0.25) is 9.47 Å². The van der Waals surface area contributed by atoms with E-state index in [4.69, 9.17) is 16.3 Å². The number of fused-ring (bicyclic) bond motifs is 3. The summed E-state index contributed by atoms with van der Waals surface area (Å²) in [5.41, 5.74) is 2.36. The number of rotatable bonds is 3. The van der Waals surface area contributed by atoms with Gasteiger partial charge in [-0.2, -0.15) is 0 Å². The van der Waals surface area contributed by atoms with Crippen LogP contribution in [0.15, 0.2) is 36.8 Å². The molecule has 0 spiro atoms. The number of aromatic nitrogens is 5. The Balaban J connectivity index is 1.38. The molecule has 29 heavy (non-hydrogen) atoms. The molecule has 0 saturated heterocycles. The van der Waals surface area contributed by atoms with E-state index >= 15 is 0 Å². The topological polar surface area (TPSA) is 69.0 Å². The molecule has 1 aliphatic heterocycles. The molecule has 150 valence electrons. The van der Waals surface area contributed by atoms with E-state index in [1.807, 2.05) is 12.1 Å². The monoisotopic (exact) mass is 410 g/mol. The summed E-state index contributed by atoms with van der Waals surface area (Å²) >= 11 is 6.27. The average molecular weight is 411 g/mol. The zero-order chi connectivity index (χ0) is 19.8. The van der Waals surface area contributed by atoms with Gasteiger partial charge in [0.05, 0.1) is 12.2 Å². The third-order valence-corrected chi connectivity index (χ3v) is 6.01. The van der Waals surface area contributed by atoms with Crippen molar-refractivity contribution in [2.45, 2.75) is 50.8 Å². The van der Waals surface area contributed by atoms with Gasteiger partial charge in [0.25, 0.3) is 0 Å². The molecular formula is C21H23ClN6O. The van der Waals surface area contributed by atoms with Crippen molar-refractivity contribution in [3.05, 3.63) is 59.0 Å². The van der Waals surface area contributed by atoms with Crippen molar-refractivity contribution in [2.75, 3.05) is 7.05 Å². The maximum atomic E-state index is 6.27. The summed E-state index contributed by atoms with van der Waals surface area (Å²) in [7, 11) is 2.10. The van der Waals surface area contributed by atoms with E-state index in [9.17, 15) is 0 Å². The van der Waals surface area contributed by atoms with Crippen LogP contribution in [-0.2, 0) is 13.1 Å². The Morgan fingerprint density at radius 1 is 1.07 bits per heavy atom. The Morgan fingerprint density at radius 3 is 2.72 bits per heavy atom. The minimum atomic E-state index is 0.185. The molecule has 2 aliphatic rings. The van der Waals surface area contributed by atoms with Gasteiger partial charge in [0.15, 0.2) is 5.82 Å². The van der Waals surface area contributed by atoms with Gasteiger partial charge < -0.3 is 4.74 Å². The predicted octanol–water partition coefficient (Wildman–Crippen LogP) is 3.76. The second kappa shape index (κ2) is 7.72. The first-order valence-corrected chi connectivity index (χ1v) is 10.4. The molecule has 0 N–H and O–H groups in total. The molecule has 0 amide bonds. The van der Waals surface area contributed by atoms with Crippen LogP contribution in [0.4, 0.5) is 0 Å². The van der Waals surface area contributed by atoms with Crippen LogP contribution >= 0.6 is 11.6 Å². The van der Waals surface area contributed by atoms with Crippen LogP contribution in [0.5, 0.6) is 5.88 Å².